The van der Waals surface area contributed by atoms with Crippen molar-refractivity contribution in [1.29, 1.82) is 0 Å². The van der Waals surface area contributed by atoms with Crippen LogP contribution in [0.5, 0.6) is 0 Å². The van der Waals surface area contributed by atoms with Crippen LogP contribution in [0.4, 0.5) is 0 Å². The van der Waals surface area contributed by atoms with Crippen LogP contribution < -0.4 is 5.32 Å². The number of pyridine rings is 1. The van der Waals surface area contributed by atoms with Gasteiger partial charge in [0.2, 0.25) is 11.8 Å². The number of aromatic nitrogens is 1. The van der Waals surface area contributed by atoms with Gasteiger partial charge in [-0.25, -0.2) is 0 Å². The van der Waals surface area contributed by atoms with Crippen LogP contribution in [0.2, 0.25) is 0 Å². The molecule has 0 spiro atoms. The molecule has 118 valence electrons. The van der Waals surface area contributed by atoms with Gasteiger partial charge in [0.15, 0.2) is 0 Å². The first-order valence-electron chi connectivity index (χ1n) is 7.77. The fourth-order valence-corrected chi connectivity index (χ4v) is 2.97. The van der Waals surface area contributed by atoms with Gasteiger partial charge in [-0.05, 0) is 30.5 Å². The predicted octanol–water partition coefficient (Wildman–Crippen LogP) is 0.725. The summed E-state index contributed by atoms with van der Waals surface area (Å²) in [7, 11) is 0. The summed E-state index contributed by atoms with van der Waals surface area (Å²) < 4.78 is 5.29. The smallest absolute Gasteiger partial charge is 0.225 e. The second kappa shape index (κ2) is 6.87. The third-order valence-electron chi connectivity index (χ3n) is 4.28. The number of nitrogens with zero attached hydrogens (tertiary/aromatic N) is 2. The van der Waals surface area contributed by atoms with Crippen molar-refractivity contribution >= 4 is 11.8 Å². The first-order chi connectivity index (χ1) is 10.7. The topological polar surface area (TPSA) is 71.5 Å². The number of carbonyl (C=O) groups excluding carboxylic acids is 2. The fourth-order valence-electron chi connectivity index (χ4n) is 2.97. The Morgan fingerprint density at radius 2 is 2.05 bits per heavy atom. The lowest BCUT2D eigenvalue weighted by atomic mass is 10.0. The van der Waals surface area contributed by atoms with Gasteiger partial charge in [-0.2, -0.15) is 0 Å². The molecule has 0 radical (unpaired) electrons. The number of likely N-dealkylation sites (tertiary alicyclic amines) is 1. The molecule has 2 amide bonds. The second-order valence-corrected chi connectivity index (χ2v) is 5.93. The Morgan fingerprint density at radius 1 is 1.32 bits per heavy atom. The largest absolute Gasteiger partial charge is 0.381 e. The van der Waals surface area contributed by atoms with Crippen molar-refractivity contribution in [3.63, 3.8) is 0 Å². The van der Waals surface area contributed by atoms with E-state index in [0.717, 1.165) is 18.4 Å². The van der Waals surface area contributed by atoms with E-state index in [1.165, 1.54) is 0 Å². The van der Waals surface area contributed by atoms with E-state index in [2.05, 4.69) is 10.3 Å². The van der Waals surface area contributed by atoms with Crippen molar-refractivity contribution in [3.8, 4) is 0 Å². The molecule has 2 saturated heterocycles. The molecule has 22 heavy (non-hydrogen) atoms. The van der Waals surface area contributed by atoms with Crippen molar-refractivity contribution in [1.82, 2.24) is 15.2 Å². The molecule has 6 nitrogen and oxygen atoms in total. The third kappa shape index (κ3) is 3.62. The molecule has 0 aliphatic carbocycles. The SMILES string of the molecule is O=C(NC1CCOCC1)[C@H]1CC(=O)N(Cc2ccncc2)C1. The lowest BCUT2D eigenvalue weighted by Gasteiger charge is -2.24. The number of ether oxygens (including phenoxy) is 1. The highest BCUT2D eigenvalue weighted by Crippen LogP contribution is 2.21. The highest BCUT2D eigenvalue weighted by Gasteiger charge is 2.35. The minimum atomic E-state index is -0.239. The van der Waals surface area contributed by atoms with Gasteiger partial charge < -0.3 is 15.0 Å². The molecule has 0 aromatic carbocycles. The van der Waals surface area contributed by atoms with Gasteiger partial charge >= 0.3 is 0 Å². The monoisotopic (exact) mass is 303 g/mol. The average molecular weight is 303 g/mol. The standard InChI is InChI=1S/C16H21N3O3/c20-15-9-13(16(21)18-14-3-7-22-8-4-14)11-19(15)10-12-1-5-17-6-2-12/h1-2,5-6,13-14H,3-4,7-11H2,(H,18,21)/t13-/m0/s1. The van der Waals surface area contributed by atoms with E-state index in [9.17, 15) is 9.59 Å². The van der Waals surface area contributed by atoms with Gasteiger partial charge in [0.05, 0.1) is 5.92 Å². The Labute approximate surface area is 129 Å². The lowest BCUT2D eigenvalue weighted by Crippen LogP contribution is -2.42. The third-order valence-corrected chi connectivity index (χ3v) is 4.28. The number of rotatable bonds is 4. The van der Waals surface area contributed by atoms with Crippen LogP contribution in [0.25, 0.3) is 0 Å². The van der Waals surface area contributed by atoms with Gasteiger partial charge in [-0.3, -0.25) is 14.6 Å². The van der Waals surface area contributed by atoms with Gasteiger partial charge in [-0.15, -0.1) is 0 Å². The van der Waals surface area contributed by atoms with E-state index in [0.29, 0.717) is 32.7 Å². The van der Waals surface area contributed by atoms with Crippen LogP contribution in [0.15, 0.2) is 24.5 Å². The molecule has 6 heteroatoms. The highest BCUT2D eigenvalue weighted by molar-refractivity contribution is 5.89. The molecular formula is C16H21N3O3. The lowest BCUT2D eigenvalue weighted by molar-refractivity contribution is -0.129. The van der Waals surface area contributed by atoms with Gasteiger partial charge in [0.25, 0.3) is 0 Å². The summed E-state index contributed by atoms with van der Waals surface area (Å²) in [5, 5.41) is 3.06. The number of hydrogen-bond acceptors (Lipinski definition) is 4. The number of amides is 2. The average Bonchev–Trinajstić information content (AvgIpc) is 2.90. The van der Waals surface area contributed by atoms with Crippen LogP contribution in [-0.4, -0.2) is 47.5 Å². The summed E-state index contributed by atoms with van der Waals surface area (Å²) in [6, 6.07) is 3.97. The van der Waals surface area contributed by atoms with Crippen molar-refractivity contribution < 1.29 is 14.3 Å². The fraction of sp³-hybridized carbons (Fsp3) is 0.562. The molecule has 1 N–H and O–H groups in total. The molecule has 0 unspecified atom stereocenters. The van der Waals surface area contributed by atoms with Gasteiger partial charge in [0, 0.05) is 51.2 Å². The molecule has 0 bridgehead atoms. The summed E-state index contributed by atoms with van der Waals surface area (Å²) in [5.41, 5.74) is 1.04. The molecule has 1 aromatic rings. The van der Waals surface area contributed by atoms with Crippen LogP contribution in [0, 0.1) is 5.92 Å². The van der Waals surface area contributed by atoms with Gasteiger partial charge in [0.1, 0.15) is 0 Å². The zero-order valence-corrected chi connectivity index (χ0v) is 12.5. The summed E-state index contributed by atoms with van der Waals surface area (Å²) in [5.74, 6) is -0.196. The molecule has 0 saturated carbocycles. The Hall–Kier alpha value is -1.95. The molecular weight excluding hydrogens is 282 g/mol. The first-order valence-corrected chi connectivity index (χ1v) is 7.77. The van der Waals surface area contributed by atoms with Crippen molar-refractivity contribution in [3.05, 3.63) is 30.1 Å². The number of nitrogens with one attached hydrogen (secondary N) is 1. The minimum absolute atomic E-state index is 0.00233. The molecule has 2 aliphatic rings. The summed E-state index contributed by atoms with van der Waals surface area (Å²) in [4.78, 5) is 30.1. The van der Waals surface area contributed by atoms with E-state index >= 15 is 0 Å². The van der Waals surface area contributed by atoms with E-state index in [4.69, 9.17) is 4.74 Å². The maximum Gasteiger partial charge on any atom is 0.225 e. The highest BCUT2D eigenvalue weighted by atomic mass is 16.5. The molecule has 3 rings (SSSR count). The first kappa shape index (κ1) is 15.0. The Balaban J connectivity index is 1.53. The van der Waals surface area contributed by atoms with E-state index < -0.39 is 0 Å². The molecule has 2 aliphatic heterocycles. The minimum Gasteiger partial charge on any atom is -0.381 e. The van der Waals surface area contributed by atoms with Crippen molar-refractivity contribution in [2.75, 3.05) is 19.8 Å². The molecule has 2 fully saturated rings. The Morgan fingerprint density at radius 3 is 2.77 bits per heavy atom. The molecule has 1 aromatic heterocycles. The maximum atomic E-state index is 12.3. The normalized spacial score (nSPS) is 22.8. The van der Waals surface area contributed by atoms with E-state index in [-0.39, 0.29) is 23.8 Å². The van der Waals surface area contributed by atoms with Crippen molar-refractivity contribution in [2.45, 2.75) is 31.8 Å². The Bertz CT molecular complexity index is 529. The number of hydrogen-bond donors (Lipinski definition) is 1. The van der Waals surface area contributed by atoms with Crippen LogP contribution >= 0.6 is 0 Å². The van der Waals surface area contributed by atoms with E-state index in [1.807, 2.05) is 12.1 Å². The summed E-state index contributed by atoms with van der Waals surface area (Å²) in [6.07, 6.45) is 5.44. The van der Waals surface area contributed by atoms with Gasteiger partial charge in [-0.1, -0.05) is 0 Å². The van der Waals surface area contributed by atoms with Crippen LogP contribution in [0.1, 0.15) is 24.8 Å². The van der Waals surface area contributed by atoms with Crippen LogP contribution in [-0.2, 0) is 20.9 Å². The summed E-state index contributed by atoms with van der Waals surface area (Å²) in [6.45, 7) is 2.43. The maximum absolute atomic E-state index is 12.3. The Kier molecular flexibility index (Phi) is 4.68. The van der Waals surface area contributed by atoms with Crippen LogP contribution in [0.3, 0.4) is 0 Å². The van der Waals surface area contributed by atoms with Crippen molar-refractivity contribution in [2.24, 2.45) is 5.92 Å². The molecule has 1 atom stereocenters. The van der Waals surface area contributed by atoms with E-state index in [1.54, 1.807) is 17.3 Å². The molecule has 3 heterocycles. The quantitative estimate of drug-likeness (QED) is 0.890. The summed E-state index contributed by atoms with van der Waals surface area (Å²) >= 11 is 0. The zero-order valence-electron chi connectivity index (χ0n) is 12.5. The second-order valence-electron chi connectivity index (χ2n) is 5.93. The zero-order chi connectivity index (χ0) is 15.4. The number of carbonyl (C=O) groups is 2. The predicted molar refractivity (Wildman–Crippen MR) is 79.7 cm³/mol.